The number of likely N-dealkylation sites (tertiary alicyclic amines) is 1. The van der Waals surface area contributed by atoms with E-state index in [9.17, 15) is 4.79 Å². The van der Waals surface area contributed by atoms with Crippen LogP contribution >= 0.6 is 0 Å². The van der Waals surface area contributed by atoms with E-state index in [4.69, 9.17) is 9.97 Å². The van der Waals surface area contributed by atoms with Crippen molar-refractivity contribution in [1.82, 2.24) is 24.6 Å². The van der Waals surface area contributed by atoms with Gasteiger partial charge < -0.3 is 0 Å². The monoisotopic (exact) mass is 408 g/mol. The van der Waals surface area contributed by atoms with Gasteiger partial charge in [-0.2, -0.15) is 5.10 Å². The predicted molar refractivity (Wildman–Crippen MR) is 115 cm³/mol. The van der Waals surface area contributed by atoms with Gasteiger partial charge in [0, 0.05) is 49.1 Å². The Morgan fingerprint density at radius 3 is 2.67 bits per heavy atom. The van der Waals surface area contributed by atoms with Crippen LogP contribution in [0.25, 0.3) is 0 Å². The van der Waals surface area contributed by atoms with Gasteiger partial charge in [-0.05, 0) is 58.4 Å². The number of aryl methyl sites for hydroxylation is 2. The molecule has 0 aromatic carbocycles. The summed E-state index contributed by atoms with van der Waals surface area (Å²) in [6, 6.07) is 0.196. The van der Waals surface area contributed by atoms with Crippen molar-refractivity contribution in [2.75, 3.05) is 18.0 Å². The summed E-state index contributed by atoms with van der Waals surface area (Å²) >= 11 is 0. The number of rotatable bonds is 5. The SMILES string of the molecule is Cc1nc(C2CCCCN2Cc2cnn(C)c2C)nc2c1CCC(=O)N2CC1CC1. The molecule has 2 aliphatic heterocycles. The average Bonchev–Trinajstić information content (AvgIpc) is 3.51. The number of carbonyl (C=O) groups excluding carboxylic acids is 1. The van der Waals surface area contributed by atoms with Gasteiger partial charge in [-0.15, -0.1) is 0 Å². The van der Waals surface area contributed by atoms with Crippen molar-refractivity contribution in [2.24, 2.45) is 13.0 Å². The van der Waals surface area contributed by atoms with Crippen molar-refractivity contribution in [3.63, 3.8) is 0 Å². The van der Waals surface area contributed by atoms with Gasteiger partial charge in [-0.25, -0.2) is 9.97 Å². The Bertz CT molecular complexity index is 963. The third-order valence-electron chi connectivity index (χ3n) is 7.11. The van der Waals surface area contributed by atoms with E-state index in [0.717, 1.165) is 49.8 Å². The summed E-state index contributed by atoms with van der Waals surface area (Å²) < 4.78 is 1.94. The van der Waals surface area contributed by atoms with Crippen LogP contribution in [0.3, 0.4) is 0 Å². The molecule has 0 spiro atoms. The second-order valence-electron chi connectivity index (χ2n) is 9.28. The zero-order valence-electron chi connectivity index (χ0n) is 18.4. The normalized spacial score (nSPS) is 22.4. The topological polar surface area (TPSA) is 67.2 Å². The van der Waals surface area contributed by atoms with E-state index in [1.54, 1.807) is 0 Å². The fourth-order valence-electron chi connectivity index (χ4n) is 4.89. The molecule has 1 atom stereocenters. The number of fused-ring (bicyclic) bond motifs is 1. The number of anilines is 1. The van der Waals surface area contributed by atoms with Crippen LogP contribution < -0.4 is 4.90 Å². The molecule has 1 aliphatic carbocycles. The van der Waals surface area contributed by atoms with Gasteiger partial charge in [0.25, 0.3) is 0 Å². The van der Waals surface area contributed by atoms with Crippen LogP contribution in [0.1, 0.15) is 72.9 Å². The highest BCUT2D eigenvalue weighted by Gasteiger charge is 2.35. The van der Waals surface area contributed by atoms with Crippen molar-refractivity contribution in [3.8, 4) is 0 Å². The lowest BCUT2D eigenvalue weighted by Crippen LogP contribution is -2.39. The van der Waals surface area contributed by atoms with Crippen LogP contribution in [0.5, 0.6) is 0 Å². The highest BCUT2D eigenvalue weighted by Crippen LogP contribution is 2.37. The molecule has 0 radical (unpaired) electrons. The van der Waals surface area contributed by atoms with Gasteiger partial charge in [0.05, 0.1) is 12.2 Å². The Balaban J connectivity index is 1.47. The van der Waals surface area contributed by atoms with Crippen LogP contribution in [0.4, 0.5) is 5.82 Å². The molecule has 1 unspecified atom stereocenters. The first-order chi connectivity index (χ1) is 14.5. The van der Waals surface area contributed by atoms with Gasteiger partial charge >= 0.3 is 0 Å². The van der Waals surface area contributed by atoms with Crippen molar-refractivity contribution < 1.29 is 4.79 Å². The lowest BCUT2D eigenvalue weighted by atomic mass is 9.98. The van der Waals surface area contributed by atoms with Crippen LogP contribution in [0, 0.1) is 19.8 Å². The Labute approximate surface area is 178 Å². The molecule has 0 N–H and O–H groups in total. The Morgan fingerprint density at radius 2 is 1.93 bits per heavy atom. The second-order valence-corrected chi connectivity index (χ2v) is 9.28. The third-order valence-corrected chi connectivity index (χ3v) is 7.11. The number of nitrogens with zero attached hydrogens (tertiary/aromatic N) is 6. The Hall–Kier alpha value is -2.28. The molecule has 7 nitrogen and oxygen atoms in total. The maximum atomic E-state index is 12.7. The molecule has 7 heteroatoms. The highest BCUT2D eigenvalue weighted by molar-refractivity contribution is 5.95. The zero-order chi connectivity index (χ0) is 20.8. The fourth-order valence-corrected chi connectivity index (χ4v) is 4.89. The molecule has 2 aromatic heterocycles. The van der Waals surface area contributed by atoms with Crippen LogP contribution in [0.15, 0.2) is 6.20 Å². The van der Waals surface area contributed by atoms with Crippen LogP contribution in [-0.4, -0.2) is 43.6 Å². The van der Waals surface area contributed by atoms with Gasteiger partial charge in [0.2, 0.25) is 5.91 Å². The maximum absolute atomic E-state index is 12.7. The predicted octanol–water partition coefficient (Wildman–Crippen LogP) is 3.24. The molecular weight excluding hydrogens is 376 g/mol. The van der Waals surface area contributed by atoms with E-state index in [1.165, 1.54) is 42.5 Å². The number of carbonyl (C=O) groups is 1. The van der Waals surface area contributed by atoms with Gasteiger partial charge in [-0.3, -0.25) is 19.3 Å². The minimum atomic E-state index is 0.196. The summed E-state index contributed by atoms with van der Waals surface area (Å²) in [6.07, 6.45) is 9.26. The van der Waals surface area contributed by atoms with E-state index in [2.05, 4.69) is 23.8 Å². The molecule has 3 aliphatic rings. The number of hydrogen-bond donors (Lipinski definition) is 0. The molecule has 5 rings (SSSR count). The molecule has 1 saturated heterocycles. The van der Waals surface area contributed by atoms with Crippen molar-refractivity contribution in [3.05, 3.63) is 34.5 Å². The summed E-state index contributed by atoms with van der Waals surface area (Å²) in [7, 11) is 1.99. The summed E-state index contributed by atoms with van der Waals surface area (Å²) in [4.78, 5) is 27.2. The van der Waals surface area contributed by atoms with E-state index >= 15 is 0 Å². The summed E-state index contributed by atoms with van der Waals surface area (Å²) in [5.41, 5.74) is 4.70. The minimum Gasteiger partial charge on any atom is -0.296 e. The number of piperidine rings is 1. The standard InChI is InChI=1S/C23H32N6O/c1-15-19-9-10-21(30)29(13-17-7-8-17)23(19)26-22(25-15)20-6-4-5-11-28(20)14-18-12-24-27(3)16(18)2/h12,17,20H,4-11,13-14H2,1-3H3. The number of hydrogen-bond acceptors (Lipinski definition) is 5. The molecule has 0 bridgehead atoms. The smallest absolute Gasteiger partial charge is 0.228 e. The van der Waals surface area contributed by atoms with Crippen molar-refractivity contribution in [1.29, 1.82) is 0 Å². The zero-order valence-corrected chi connectivity index (χ0v) is 18.4. The molecule has 160 valence electrons. The van der Waals surface area contributed by atoms with Crippen LogP contribution in [-0.2, 0) is 24.8 Å². The highest BCUT2D eigenvalue weighted by atomic mass is 16.2. The molecule has 1 saturated carbocycles. The molecule has 4 heterocycles. The quantitative estimate of drug-likeness (QED) is 0.760. The van der Waals surface area contributed by atoms with E-state index < -0.39 is 0 Å². The number of amides is 1. The van der Waals surface area contributed by atoms with Gasteiger partial charge in [0.1, 0.15) is 11.6 Å². The first-order valence-electron chi connectivity index (χ1n) is 11.4. The number of aromatic nitrogens is 4. The first kappa shape index (κ1) is 19.7. The van der Waals surface area contributed by atoms with E-state index in [-0.39, 0.29) is 11.9 Å². The lowest BCUT2D eigenvalue weighted by molar-refractivity contribution is -0.119. The second kappa shape index (κ2) is 7.76. The Morgan fingerprint density at radius 1 is 1.10 bits per heavy atom. The molecule has 2 aromatic rings. The largest absolute Gasteiger partial charge is 0.296 e. The Kier molecular flexibility index (Phi) is 5.09. The summed E-state index contributed by atoms with van der Waals surface area (Å²) in [5.74, 6) is 2.66. The van der Waals surface area contributed by atoms with E-state index in [1.807, 2.05) is 22.8 Å². The van der Waals surface area contributed by atoms with E-state index in [0.29, 0.717) is 12.3 Å². The first-order valence-corrected chi connectivity index (χ1v) is 11.4. The summed E-state index contributed by atoms with van der Waals surface area (Å²) in [5, 5.41) is 4.42. The molecule has 2 fully saturated rings. The summed E-state index contributed by atoms with van der Waals surface area (Å²) in [6.45, 7) is 6.96. The maximum Gasteiger partial charge on any atom is 0.228 e. The van der Waals surface area contributed by atoms with Crippen molar-refractivity contribution in [2.45, 2.75) is 71.4 Å². The molecule has 30 heavy (non-hydrogen) atoms. The molecular formula is C23H32N6O. The van der Waals surface area contributed by atoms with Gasteiger partial charge in [-0.1, -0.05) is 6.42 Å². The van der Waals surface area contributed by atoms with Crippen molar-refractivity contribution >= 4 is 11.7 Å². The average molecular weight is 409 g/mol. The lowest BCUT2D eigenvalue weighted by Gasteiger charge is -2.36. The minimum absolute atomic E-state index is 0.196. The van der Waals surface area contributed by atoms with Crippen LogP contribution in [0.2, 0.25) is 0 Å². The van der Waals surface area contributed by atoms with Gasteiger partial charge in [0.15, 0.2) is 0 Å². The molecule has 1 amide bonds. The third kappa shape index (κ3) is 3.64. The fraction of sp³-hybridized carbons (Fsp3) is 0.652.